The maximum absolute atomic E-state index is 11.9. The molecular formula is C22H31NO3. The molecule has 1 saturated carbocycles. The number of benzene rings is 1. The van der Waals surface area contributed by atoms with E-state index in [0.717, 1.165) is 13.1 Å². The Balaban J connectivity index is 0.000000313. The first-order valence-corrected chi connectivity index (χ1v) is 9.29. The number of hydrogen-bond acceptors (Lipinski definition) is 3. The number of amides is 1. The first-order valence-electron chi connectivity index (χ1n) is 9.29. The van der Waals surface area contributed by atoms with Crippen LogP contribution in [-0.4, -0.2) is 37.0 Å². The smallest absolute Gasteiger partial charge is 0.306 e. The number of carbonyl (C=O) groups is 2. The van der Waals surface area contributed by atoms with Crippen LogP contribution < -0.4 is 0 Å². The van der Waals surface area contributed by atoms with Crippen LogP contribution in [0.5, 0.6) is 0 Å². The molecule has 2 aliphatic rings. The summed E-state index contributed by atoms with van der Waals surface area (Å²) < 4.78 is 4.55. The molecule has 0 radical (unpaired) electrons. The van der Waals surface area contributed by atoms with Crippen LogP contribution in [0.1, 0.15) is 44.1 Å². The lowest BCUT2D eigenvalue weighted by atomic mass is 9.82. The lowest BCUT2D eigenvalue weighted by Gasteiger charge is -2.22. The molecule has 3 rings (SSSR count). The SMILES string of the molecule is C#C.COC(=O)CCC(=O)N1C[C@H]2CCCC[C@H]2C1.Cc1ccccc1. The number of nitrogens with zero attached hydrogens (tertiary/aromatic N) is 1. The van der Waals surface area contributed by atoms with Gasteiger partial charge in [0.05, 0.1) is 13.5 Å². The van der Waals surface area contributed by atoms with E-state index in [2.05, 4.69) is 36.6 Å². The van der Waals surface area contributed by atoms with Crippen molar-refractivity contribution in [3.8, 4) is 12.8 Å². The Bertz CT molecular complexity index is 553. The van der Waals surface area contributed by atoms with Crippen molar-refractivity contribution in [2.24, 2.45) is 11.8 Å². The van der Waals surface area contributed by atoms with Gasteiger partial charge in [-0.1, -0.05) is 48.7 Å². The fourth-order valence-electron chi connectivity index (χ4n) is 3.61. The first kappa shape index (κ1) is 21.8. The summed E-state index contributed by atoms with van der Waals surface area (Å²) in [5, 5.41) is 0. The summed E-state index contributed by atoms with van der Waals surface area (Å²) in [4.78, 5) is 24.9. The first-order chi connectivity index (χ1) is 12.6. The number of fused-ring (bicyclic) bond motifs is 1. The van der Waals surface area contributed by atoms with Crippen LogP contribution in [0.4, 0.5) is 0 Å². The van der Waals surface area contributed by atoms with Gasteiger partial charge >= 0.3 is 5.97 Å². The van der Waals surface area contributed by atoms with E-state index >= 15 is 0 Å². The molecule has 1 saturated heterocycles. The van der Waals surface area contributed by atoms with E-state index in [-0.39, 0.29) is 18.3 Å². The van der Waals surface area contributed by atoms with Crippen LogP contribution >= 0.6 is 0 Å². The number of aryl methyl sites for hydroxylation is 1. The van der Waals surface area contributed by atoms with Gasteiger partial charge in [-0.2, -0.15) is 0 Å². The molecule has 1 aromatic carbocycles. The number of methoxy groups -OCH3 is 1. The summed E-state index contributed by atoms with van der Waals surface area (Å²) in [6.07, 6.45) is 13.7. The van der Waals surface area contributed by atoms with Crippen LogP contribution in [0.3, 0.4) is 0 Å². The summed E-state index contributed by atoms with van der Waals surface area (Å²) in [7, 11) is 1.36. The van der Waals surface area contributed by atoms with Gasteiger partial charge in [0.1, 0.15) is 0 Å². The third-order valence-corrected chi connectivity index (χ3v) is 5.04. The molecule has 0 spiro atoms. The minimum atomic E-state index is -0.296. The van der Waals surface area contributed by atoms with E-state index in [1.54, 1.807) is 0 Å². The highest BCUT2D eigenvalue weighted by Gasteiger charge is 2.36. The largest absolute Gasteiger partial charge is 0.469 e. The second-order valence-electron chi connectivity index (χ2n) is 6.83. The van der Waals surface area contributed by atoms with Crippen LogP contribution in [0.15, 0.2) is 30.3 Å². The van der Waals surface area contributed by atoms with Gasteiger partial charge in [0.2, 0.25) is 5.91 Å². The predicted molar refractivity (Wildman–Crippen MR) is 104 cm³/mol. The molecule has 2 atom stereocenters. The monoisotopic (exact) mass is 357 g/mol. The Hall–Kier alpha value is -2.28. The molecule has 1 aromatic rings. The third-order valence-electron chi connectivity index (χ3n) is 5.04. The number of hydrogen-bond donors (Lipinski definition) is 0. The van der Waals surface area contributed by atoms with Gasteiger partial charge in [-0.25, -0.2) is 0 Å². The van der Waals surface area contributed by atoms with Crippen molar-refractivity contribution in [3.63, 3.8) is 0 Å². The molecule has 0 N–H and O–H groups in total. The molecule has 142 valence electrons. The van der Waals surface area contributed by atoms with E-state index in [1.807, 2.05) is 23.1 Å². The summed E-state index contributed by atoms with van der Waals surface area (Å²) in [5.74, 6) is 1.25. The zero-order chi connectivity index (χ0) is 19.4. The molecule has 4 heteroatoms. The van der Waals surface area contributed by atoms with Crippen LogP contribution in [-0.2, 0) is 14.3 Å². The third kappa shape index (κ3) is 7.31. The Morgan fingerprint density at radius 3 is 2.00 bits per heavy atom. The average Bonchev–Trinajstić information content (AvgIpc) is 3.13. The molecule has 0 aromatic heterocycles. The molecule has 0 unspecified atom stereocenters. The van der Waals surface area contributed by atoms with Crippen molar-refractivity contribution < 1.29 is 14.3 Å². The Morgan fingerprint density at radius 2 is 1.58 bits per heavy atom. The Labute approximate surface area is 157 Å². The van der Waals surface area contributed by atoms with Gasteiger partial charge in [-0.15, -0.1) is 12.8 Å². The quantitative estimate of drug-likeness (QED) is 0.610. The number of carbonyl (C=O) groups excluding carboxylic acids is 2. The van der Waals surface area contributed by atoms with Crippen molar-refractivity contribution in [2.75, 3.05) is 20.2 Å². The van der Waals surface area contributed by atoms with Gasteiger partial charge in [-0.05, 0) is 31.6 Å². The zero-order valence-corrected chi connectivity index (χ0v) is 16.0. The molecule has 26 heavy (non-hydrogen) atoms. The average molecular weight is 357 g/mol. The number of rotatable bonds is 3. The van der Waals surface area contributed by atoms with Crippen LogP contribution in [0.25, 0.3) is 0 Å². The summed E-state index contributed by atoms with van der Waals surface area (Å²) in [5.41, 5.74) is 1.32. The summed E-state index contributed by atoms with van der Waals surface area (Å²) in [6, 6.07) is 10.3. The molecule has 2 fully saturated rings. The van der Waals surface area contributed by atoms with Gasteiger partial charge < -0.3 is 9.64 Å². The van der Waals surface area contributed by atoms with Gasteiger partial charge in [-0.3, -0.25) is 9.59 Å². The van der Waals surface area contributed by atoms with E-state index < -0.39 is 0 Å². The zero-order valence-electron chi connectivity index (χ0n) is 16.0. The second kappa shape index (κ2) is 12.1. The predicted octanol–water partition coefficient (Wildman–Crippen LogP) is 3.83. The minimum Gasteiger partial charge on any atom is -0.469 e. The topological polar surface area (TPSA) is 46.6 Å². The second-order valence-corrected chi connectivity index (χ2v) is 6.83. The number of esters is 1. The van der Waals surface area contributed by atoms with E-state index in [9.17, 15) is 9.59 Å². The van der Waals surface area contributed by atoms with E-state index in [4.69, 9.17) is 0 Å². The molecule has 1 heterocycles. The number of terminal acetylenes is 1. The normalized spacial score (nSPS) is 20.5. The van der Waals surface area contributed by atoms with Crippen LogP contribution in [0, 0.1) is 31.6 Å². The molecule has 1 aliphatic heterocycles. The van der Waals surface area contributed by atoms with Gasteiger partial charge in [0.25, 0.3) is 0 Å². The van der Waals surface area contributed by atoms with Crippen molar-refractivity contribution in [2.45, 2.75) is 45.4 Å². The molecule has 1 amide bonds. The van der Waals surface area contributed by atoms with Crippen molar-refractivity contribution in [1.29, 1.82) is 0 Å². The number of ether oxygens (including phenoxy) is 1. The highest BCUT2D eigenvalue weighted by Crippen LogP contribution is 2.36. The highest BCUT2D eigenvalue weighted by molar-refractivity contribution is 5.81. The fourth-order valence-corrected chi connectivity index (χ4v) is 3.61. The summed E-state index contributed by atoms with van der Waals surface area (Å²) in [6.45, 7) is 3.90. The fraction of sp³-hybridized carbons (Fsp3) is 0.545. The standard InChI is InChI=1S/C13H21NO3.C7H8.C2H2/c1-17-13(16)7-6-12(15)14-8-10-4-2-3-5-11(10)9-14;1-7-5-3-2-4-6-7;1-2/h10-11H,2-9H2,1H3;2-6H,1H3;1-2H/t10-,11+;;. The van der Waals surface area contributed by atoms with Crippen molar-refractivity contribution in [1.82, 2.24) is 4.90 Å². The maximum Gasteiger partial charge on any atom is 0.306 e. The van der Waals surface area contributed by atoms with Crippen LogP contribution in [0.2, 0.25) is 0 Å². The van der Waals surface area contributed by atoms with Gasteiger partial charge in [0, 0.05) is 19.5 Å². The Morgan fingerprint density at radius 1 is 1.04 bits per heavy atom. The highest BCUT2D eigenvalue weighted by atomic mass is 16.5. The molecule has 1 aliphatic carbocycles. The van der Waals surface area contributed by atoms with Crippen molar-refractivity contribution >= 4 is 11.9 Å². The lowest BCUT2D eigenvalue weighted by molar-refractivity contribution is -0.143. The Kier molecular flexibility index (Phi) is 10.2. The molecular weight excluding hydrogens is 326 g/mol. The maximum atomic E-state index is 11.9. The van der Waals surface area contributed by atoms with Crippen molar-refractivity contribution in [3.05, 3.63) is 35.9 Å². The lowest BCUT2D eigenvalue weighted by Crippen LogP contribution is -2.29. The molecule has 4 nitrogen and oxygen atoms in total. The van der Waals surface area contributed by atoms with Gasteiger partial charge in [0.15, 0.2) is 0 Å². The summed E-state index contributed by atoms with van der Waals surface area (Å²) >= 11 is 0. The van der Waals surface area contributed by atoms with E-state index in [1.165, 1.54) is 38.4 Å². The number of likely N-dealkylation sites (tertiary alicyclic amines) is 1. The molecule has 0 bridgehead atoms. The minimum absolute atomic E-state index is 0.116. The van der Waals surface area contributed by atoms with E-state index in [0.29, 0.717) is 18.3 Å².